The van der Waals surface area contributed by atoms with Crippen molar-refractivity contribution < 1.29 is 0 Å². The first-order chi connectivity index (χ1) is 8.49. The van der Waals surface area contributed by atoms with E-state index in [0.29, 0.717) is 10.5 Å². The summed E-state index contributed by atoms with van der Waals surface area (Å²) in [5.41, 5.74) is 0.751. The lowest BCUT2D eigenvalue weighted by atomic mass is 10.2. The van der Waals surface area contributed by atoms with Gasteiger partial charge < -0.3 is 4.90 Å². The maximum atomic E-state index is 11.8. The third-order valence-corrected chi connectivity index (χ3v) is 4.66. The van der Waals surface area contributed by atoms with Crippen LogP contribution in [0.5, 0.6) is 0 Å². The molecule has 1 rings (SSSR count). The van der Waals surface area contributed by atoms with Crippen molar-refractivity contribution in [3.63, 3.8) is 0 Å². The molecule has 0 aliphatic carbocycles. The van der Waals surface area contributed by atoms with E-state index in [-0.39, 0.29) is 5.56 Å². The molecule has 0 fully saturated rings. The standard InChI is InChI=1S/C12H20BrN3OS/c1-5-18-7-6-9(2)15(3)10-8-14-16(4)12(17)11(10)13/h8-9H,5-7H2,1-4H3/t9-/m0/s1. The van der Waals surface area contributed by atoms with E-state index in [0.717, 1.165) is 23.6 Å². The molecule has 0 radical (unpaired) electrons. The second kappa shape index (κ2) is 7.19. The summed E-state index contributed by atoms with van der Waals surface area (Å²) in [6, 6.07) is 0.384. The van der Waals surface area contributed by atoms with Crippen molar-refractivity contribution in [3.8, 4) is 0 Å². The van der Waals surface area contributed by atoms with Crippen LogP contribution in [0.2, 0.25) is 0 Å². The Morgan fingerprint density at radius 3 is 2.89 bits per heavy atom. The van der Waals surface area contributed by atoms with Gasteiger partial charge in [-0.3, -0.25) is 4.79 Å². The van der Waals surface area contributed by atoms with E-state index in [4.69, 9.17) is 0 Å². The van der Waals surface area contributed by atoms with Crippen molar-refractivity contribution in [3.05, 3.63) is 21.0 Å². The van der Waals surface area contributed by atoms with Crippen molar-refractivity contribution in [2.45, 2.75) is 26.3 Å². The number of thioether (sulfide) groups is 1. The molecule has 18 heavy (non-hydrogen) atoms. The predicted molar refractivity (Wildman–Crippen MR) is 82.7 cm³/mol. The SMILES string of the molecule is CCSCC[C@H](C)N(C)c1cnn(C)c(=O)c1Br. The average molecular weight is 334 g/mol. The molecule has 0 saturated heterocycles. The molecule has 0 aromatic carbocycles. The summed E-state index contributed by atoms with van der Waals surface area (Å²) in [5.74, 6) is 2.28. The van der Waals surface area contributed by atoms with Crippen LogP contribution in [0, 0.1) is 0 Å². The minimum absolute atomic E-state index is 0.102. The molecule has 0 unspecified atom stereocenters. The second-order valence-corrected chi connectivity index (χ2v) is 6.40. The first kappa shape index (κ1) is 15.6. The van der Waals surface area contributed by atoms with Crippen LogP contribution in [0.15, 0.2) is 15.5 Å². The highest BCUT2D eigenvalue weighted by Crippen LogP contribution is 2.23. The van der Waals surface area contributed by atoms with Gasteiger partial charge in [0.15, 0.2) is 0 Å². The fourth-order valence-electron chi connectivity index (χ4n) is 1.58. The highest BCUT2D eigenvalue weighted by atomic mass is 79.9. The Kier molecular flexibility index (Phi) is 6.21. The molecule has 1 aromatic heterocycles. The molecule has 0 saturated carbocycles. The Balaban J connectivity index is 2.80. The summed E-state index contributed by atoms with van der Waals surface area (Å²) in [5, 5.41) is 4.07. The van der Waals surface area contributed by atoms with Crippen LogP contribution in [0.25, 0.3) is 0 Å². The maximum Gasteiger partial charge on any atom is 0.282 e. The highest BCUT2D eigenvalue weighted by molar-refractivity contribution is 9.10. The molecule has 0 spiro atoms. The molecule has 4 nitrogen and oxygen atoms in total. The zero-order valence-corrected chi connectivity index (χ0v) is 13.7. The molecule has 1 aromatic rings. The van der Waals surface area contributed by atoms with Crippen molar-refractivity contribution >= 4 is 33.4 Å². The molecule has 1 atom stereocenters. The summed E-state index contributed by atoms with van der Waals surface area (Å²) in [6.07, 6.45) is 2.83. The van der Waals surface area contributed by atoms with Gasteiger partial charge in [0.1, 0.15) is 4.47 Å². The number of nitrogens with zero attached hydrogens (tertiary/aromatic N) is 3. The monoisotopic (exact) mass is 333 g/mol. The van der Waals surface area contributed by atoms with Crippen LogP contribution in [-0.2, 0) is 7.05 Å². The quantitative estimate of drug-likeness (QED) is 0.750. The van der Waals surface area contributed by atoms with Crippen LogP contribution in [0.4, 0.5) is 5.69 Å². The molecule has 6 heteroatoms. The Labute approximate surface area is 121 Å². The number of halogens is 1. The highest BCUT2D eigenvalue weighted by Gasteiger charge is 2.15. The molecular formula is C12H20BrN3OS. The van der Waals surface area contributed by atoms with Crippen LogP contribution in [0.3, 0.4) is 0 Å². The second-order valence-electron chi connectivity index (χ2n) is 4.22. The van der Waals surface area contributed by atoms with Gasteiger partial charge in [-0.1, -0.05) is 6.92 Å². The molecule has 0 N–H and O–H groups in total. The number of rotatable bonds is 6. The van der Waals surface area contributed by atoms with Crippen molar-refractivity contribution in [1.82, 2.24) is 9.78 Å². The van der Waals surface area contributed by atoms with Crippen molar-refractivity contribution in [1.29, 1.82) is 0 Å². The molecule has 0 amide bonds. The Bertz CT molecular complexity index is 449. The summed E-state index contributed by atoms with van der Waals surface area (Å²) in [6.45, 7) is 4.33. The lowest BCUT2D eigenvalue weighted by Gasteiger charge is -2.27. The summed E-state index contributed by atoms with van der Waals surface area (Å²) in [4.78, 5) is 13.9. The van der Waals surface area contributed by atoms with Crippen molar-refractivity contribution in [2.75, 3.05) is 23.5 Å². The van der Waals surface area contributed by atoms with Gasteiger partial charge in [-0.2, -0.15) is 16.9 Å². The summed E-state index contributed by atoms with van der Waals surface area (Å²) in [7, 11) is 3.65. The van der Waals surface area contributed by atoms with Gasteiger partial charge in [0.2, 0.25) is 0 Å². The molecule has 1 heterocycles. The Hall–Kier alpha value is -0.490. The minimum Gasteiger partial charge on any atom is -0.369 e. The number of hydrogen-bond acceptors (Lipinski definition) is 4. The Morgan fingerprint density at radius 2 is 2.28 bits per heavy atom. The minimum atomic E-state index is -0.102. The van der Waals surface area contributed by atoms with Gasteiger partial charge >= 0.3 is 0 Å². The fourth-order valence-corrected chi connectivity index (χ4v) is 3.01. The maximum absolute atomic E-state index is 11.8. The largest absolute Gasteiger partial charge is 0.369 e. The molecule has 0 aliphatic heterocycles. The van der Waals surface area contributed by atoms with Crippen LogP contribution >= 0.6 is 27.7 Å². The zero-order chi connectivity index (χ0) is 13.7. The third kappa shape index (κ3) is 3.75. The number of aryl methyl sites for hydroxylation is 1. The van der Waals surface area contributed by atoms with Crippen LogP contribution < -0.4 is 10.5 Å². The lowest BCUT2D eigenvalue weighted by Crippen LogP contribution is -2.32. The van der Waals surface area contributed by atoms with Gasteiger partial charge in [-0.15, -0.1) is 0 Å². The van der Waals surface area contributed by atoms with Gasteiger partial charge in [0.05, 0.1) is 11.9 Å². The lowest BCUT2D eigenvalue weighted by molar-refractivity contribution is 0.651. The molecule has 102 valence electrons. The van der Waals surface area contributed by atoms with E-state index >= 15 is 0 Å². The van der Waals surface area contributed by atoms with Crippen molar-refractivity contribution in [2.24, 2.45) is 7.05 Å². The first-order valence-electron chi connectivity index (χ1n) is 6.01. The van der Waals surface area contributed by atoms with Gasteiger partial charge in [-0.25, -0.2) is 4.68 Å². The normalized spacial score (nSPS) is 12.5. The van der Waals surface area contributed by atoms with E-state index in [1.165, 1.54) is 4.68 Å². The number of anilines is 1. The molecule has 0 aliphatic rings. The first-order valence-corrected chi connectivity index (χ1v) is 7.96. The zero-order valence-electron chi connectivity index (χ0n) is 11.3. The van der Waals surface area contributed by atoms with Crippen LogP contribution in [0.1, 0.15) is 20.3 Å². The topological polar surface area (TPSA) is 38.1 Å². The van der Waals surface area contributed by atoms with E-state index in [1.54, 1.807) is 13.2 Å². The smallest absolute Gasteiger partial charge is 0.282 e. The van der Waals surface area contributed by atoms with Crippen LogP contribution in [-0.4, -0.2) is 34.4 Å². The third-order valence-electron chi connectivity index (χ3n) is 2.99. The molecule has 0 bridgehead atoms. The van der Waals surface area contributed by atoms with E-state index in [2.05, 4.69) is 39.8 Å². The number of hydrogen-bond donors (Lipinski definition) is 0. The van der Waals surface area contributed by atoms with E-state index < -0.39 is 0 Å². The van der Waals surface area contributed by atoms with E-state index in [9.17, 15) is 4.79 Å². The predicted octanol–water partition coefficient (Wildman–Crippen LogP) is 2.51. The summed E-state index contributed by atoms with van der Waals surface area (Å²) >= 11 is 5.30. The summed E-state index contributed by atoms with van der Waals surface area (Å²) < 4.78 is 1.91. The average Bonchev–Trinajstić information content (AvgIpc) is 2.35. The Morgan fingerprint density at radius 1 is 1.61 bits per heavy atom. The van der Waals surface area contributed by atoms with Gasteiger partial charge in [-0.05, 0) is 40.8 Å². The number of aromatic nitrogens is 2. The molecular weight excluding hydrogens is 314 g/mol. The van der Waals surface area contributed by atoms with E-state index in [1.807, 2.05) is 18.8 Å². The fraction of sp³-hybridized carbons (Fsp3) is 0.667. The van der Waals surface area contributed by atoms with Gasteiger partial charge in [0, 0.05) is 20.1 Å². The van der Waals surface area contributed by atoms with Gasteiger partial charge in [0.25, 0.3) is 5.56 Å².